The number of hydrogen-bond acceptors (Lipinski definition) is 1. The van der Waals surface area contributed by atoms with Gasteiger partial charge < -0.3 is 5.32 Å². The fourth-order valence-electron chi connectivity index (χ4n) is 0.920. The van der Waals surface area contributed by atoms with Gasteiger partial charge in [0.2, 0.25) is 0 Å². The van der Waals surface area contributed by atoms with Crippen LogP contribution in [0, 0.1) is 5.82 Å². The number of halogens is 3. The SMILES string of the molecule is CNCCc1ccc(F)cc1.I.I. The molecule has 0 spiro atoms. The van der Waals surface area contributed by atoms with E-state index in [0.717, 1.165) is 13.0 Å². The second-order valence-corrected chi connectivity index (χ2v) is 2.48. The molecule has 0 radical (unpaired) electrons. The van der Waals surface area contributed by atoms with Crippen molar-refractivity contribution >= 4 is 48.0 Å². The molecular formula is C9H14FI2N. The summed E-state index contributed by atoms with van der Waals surface area (Å²) in [4.78, 5) is 0. The van der Waals surface area contributed by atoms with Crippen molar-refractivity contribution in [2.24, 2.45) is 0 Å². The molecule has 0 bridgehead atoms. The van der Waals surface area contributed by atoms with Crippen LogP contribution in [0.2, 0.25) is 0 Å². The molecule has 1 nitrogen and oxygen atoms in total. The van der Waals surface area contributed by atoms with Gasteiger partial charge in [0.05, 0.1) is 0 Å². The first-order chi connectivity index (χ1) is 5.33. The lowest BCUT2D eigenvalue weighted by Crippen LogP contribution is -2.10. The van der Waals surface area contributed by atoms with Crippen LogP contribution in [0.1, 0.15) is 5.56 Å². The van der Waals surface area contributed by atoms with Crippen molar-refractivity contribution in [3.63, 3.8) is 0 Å². The molecule has 4 heteroatoms. The minimum Gasteiger partial charge on any atom is -0.319 e. The van der Waals surface area contributed by atoms with E-state index in [4.69, 9.17) is 0 Å². The highest BCUT2D eigenvalue weighted by Crippen LogP contribution is 2.02. The van der Waals surface area contributed by atoms with Gasteiger partial charge in [0, 0.05) is 0 Å². The van der Waals surface area contributed by atoms with Crippen molar-refractivity contribution in [2.75, 3.05) is 13.6 Å². The Morgan fingerprint density at radius 1 is 1.15 bits per heavy atom. The minimum atomic E-state index is -0.168. The van der Waals surface area contributed by atoms with Gasteiger partial charge >= 0.3 is 0 Å². The molecule has 0 aromatic heterocycles. The van der Waals surface area contributed by atoms with Gasteiger partial charge in [0.1, 0.15) is 5.82 Å². The first-order valence-electron chi connectivity index (χ1n) is 3.72. The van der Waals surface area contributed by atoms with Gasteiger partial charge in [-0.3, -0.25) is 0 Å². The molecule has 1 N–H and O–H groups in total. The summed E-state index contributed by atoms with van der Waals surface area (Å²) in [5.74, 6) is -0.168. The molecule has 76 valence electrons. The Morgan fingerprint density at radius 2 is 1.69 bits per heavy atom. The van der Waals surface area contributed by atoms with Crippen molar-refractivity contribution < 1.29 is 4.39 Å². The lowest BCUT2D eigenvalue weighted by molar-refractivity contribution is 0.626. The molecule has 13 heavy (non-hydrogen) atoms. The van der Waals surface area contributed by atoms with E-state index in [0.29, 0.717) is 0 Å². The first-order valence-corrected chi connectivity index (χ1v) is 3.72. The number of rotatable bonds is 3. The maximum absolute atomic E-state index is 12.4. The van der Waals surface area contributed by atoms with E-state index in [1.54, 1.807) is 0 Å². The topological polar surface area (TPSA) is 12.0 Å². The summed E-state index contributed by atoms with van der Waals surface area (Å²) >= 11 is 0. The van der Waals surface area contributed by atoms with Crippen LogP contribution in [0.25, 0.3) is 0 Å². The van der Waals surface area contributed by atoms with E-state index in [1.807, 2.05) is 19.2 Å². The second kappa shape index (κ2) is 9.14. The third-order valence-corrected chi connectivity index (χ3v) is 1.58. The zero-order valence-corrected chi connectivity index (χ0v) is 12.1. The van der Waals surface area contributed by atoms with Crippen LogP contribution >= 0.6 is 48.0 Å². The molecule has 0 fully saturated rings. The van der Waals surface area contributed by atoms with Crippen molar-refractivity contribution in [2.45, 2.75) is 6.42 Å². The molecule has 0 unspecified atom stereocenters. The van der Waals surface area contributed by atoms with E-state index in [2.05, 4.69) is 5.32 Å². The summed E-state index contributed by atoms with van der Waals surface area (Å²) in [6, 6.07) is 6.61. The average Bonchev–Trinajstić information content (AvgIpc) is 2.04. The number of hydrogen-bond donors (Lipinski definition) is 1. The highest BCUT2D eigenvalue weighted by Gasteiger charge is 1.91. The quantitative estimate of drug-likeness (QED) is 0.758. The Labute approximate surface area is 113 Å². The summed E-state index contributed by atoms with van der Waals surface area (Å²) in [6.45, 7) is 0.936. The number of likely N-dealkylation sites (N-methyl/N-ethyl adjacent to an activating group) is 1. The van der Waals surface area contributed by atoms with Crippen LogP contribution in [0.3, 0.4) is 0 Å². The molecule has 0 amide bonds. The third-order valence-electron chi connectivity index (χ3n) is 1.58. The van der Waals surface area contributed by atoms with Gasteiger partial charge in [-0.1, -0.05) is 12.1 Å². The largest absolute Gasteiger partial charge is 0.319 e. The van der Waals surface area contributed by atoms with Gasteiger partial charge in [-0.2, -0.15) is 0 Å². The van der Waals surface area contributed by atoms with E-state index < -0.39 is 0 Å². The van der Waals surface area contributed by atoms with Gasteiger partial charge in [0.25, 0.3) is 0 Å². The lowest BCUT2D eigenvalue weighted by Gasteiger charge is -1.98. The number of nitrogens with one attached hydrogen (secondary N) is 1. The molecule has 0 saturated heterocycles. The highest BCUT2D eigenvalue weighted by molar-refractivity contribution is 14.0. The summed E-state index contributed by atoms with van der Waals surface area (Å²) in [5.41, 5.74) is 1.17. The Balaban J connectivity index is 0. The van der Waals surface area contributed by atoms with E-state index >= 15 is 0 Å². The maximum atomic E-state index is 12.4. The summed E-state index contributed by atoms with van der Waals surface area (Å²) in [5, 5.41) is 3.04. The average molecular weight is 409 g/mol. The molecule has 0 aliphatic carbocycles. The van der Waals surface area contributed by atoms with Crippen LogP contribution in [-0.2, 0) is 6.42 Å². The van der Waals surface area contributed by atoms with Gasteiger partial charge in [-0.25, -0.2) is 4.39 Å². The Kier molecular flexibility index (Phi) is 11.3. The van der Waals surface area contributed by atoms with E-state index in [9.17, 15) is 4.39 Å². The van der Waals surface area contributed by atoms with Gasteiger partial charge in [-0.05, 0) is 37.7 Å². The minimum absolute atomic E-state index is 0. The molecule has 1 aromatic carbocycles. The smallest absolute Gasteiger partial charge is 0.123 e. The van der Waals surface area contributed by atoms with Crippen LogP contribution in [0.5, 0.6) is 0 Å². The summed E-state index contributed by atoms with van der Waals surface area (Å²) in [7, 11) is 1.91. The first kappa shape index (κ1) is 16.0. The normalized spacial score (nSPS) is 8.46. The van der Waals surface area contributed by atoms with Crippen molar-refractivity contribution in [3.8, 4) is 0 Å². The van der Waals surface area contributed by atoms with Gasteiger partial charge in [0.15, 0.2) is 0 Å². The van der Waals surface area contributed by atoms with Crippen molar-refractivity contribution in [1.82, 2.24) is 5.32 Å². The standard InChI is InChI=1S/C9H12FN.2HI/c1-11-7-6-8-2-4-9(10)5-3-8;;/h2-5,11H,6-7H2,1H3;2*1H. The molecule has 0 aliphatic rings. The molecule has 0 atom stereocenters. The maximum Gasteiger partial charge on any atom is 0.123 e. The predicted molar refractivity (Wildman–Crippen MR) is 74.9 cm³/mol. The highest BCUT2D eigenvalue weighted by atomic mass is 127. The zero-order valence-electron chi connectivity index (χ0n) is 7.42. The molecule has 0 heterocycles. The third kappa shape index (κ3) is 6.62. The van der Waals surface area contributed by atoms with Crippen LogP contribution < -0.4 is 5.32 Å². The molecule has 1 aromatic rings. The Bertz CT molecular complexity index is 213. The zero-order chi connectivity index (χ0) is 8.10. The fourth-order valence-corrected chi connectivity index (χ4v) is 0.920. The molecular weight excluding hydrogens is 395 g/mol. The number of benzene rings is 1. The predicted octanol–water partition coefficient (Wildman–Crippen LogP) is 2.82. The van der Waals surface area contributed by atoms with Crippen molar-refractivity contribution in [3.05, 3.63) is 35.6 Å². The summed E-state index contributed by atoms with van der Waals surface area (Å²) < 4.78 is 12.4. The Hall–Kier alpha value is 0.570. The monoisotopic (exact) mass is 409 g/mol. The lowest BCUT2D eigenvalue weighted by atomic mass is 10.1. The fraction of sp³-hybridized carbons (Fsp3) is 0.333. The van der Waals surface area contributed by atoms with E-state index in [-0.39, 0.29) is 53.8 Å². The second-order valence-electron chi connectivity index (χ2n) is 2.48. The van der Waals surface area contributed by atoms with Crippen LogP contribution in [0.15, 0.2) is 24.3 Å². The van der Waals surface area contributed by atoms with Crippen LogP contribution in [0.4, 0.5) is 4.39 Å². The van der Waals surface area contributed by atoms with Crippen LogP contribution in [-0.4, -0.2) is 13.6 Å². The molecule has 1 rings (SSSR count). The summed E-state index contributed by atoms with van der Waals surface area (Å²) in [6.07, 6.45) is 0.955. The van der Waals surface area contributed by atoms with E-state index in [1.165, 1.54) is 17.7 Å². The Morgan fingerprint density at radius 3 is 2.15 bits per heavy atom. The van der Waals surface area contributed by atoms with Gasteiger partial charge in [-0.15, -0.1) is 48.0 Å². The van der Waals surface area contributed by atoms with Crippen molar-refractivity contribution in [1.29, 1.82) is 0 Å². The molecule has 0 saturated carbocycles. The molecule has 0 aliphatic heterocycles.